The lowest BCUT2D eigenvalue weighted by Crippen LogP contribution is -2.44. The second-order valence-electron chi connectivity index (χ2n) is 5.54. The van der Waals surface area contributed by atoms with Crippen LogP contribution in [0.3, 0.4) is 0 Å². The minimum absolute atomic E-state index is 0.0425. The first-order valence-corrected chi connectivity index (χ1v) is 6.82. The molecule has 1 aromatic carbocycles. The summed E-state index contributed by atoms with van der Waals surface area (Å²) in [5, 5.41) is 8.83. The van der Waals surface area contributed by atoms with Gasteiger partial charge in [0.15, 0.2) is 0 Å². The third-order valence-electron chi connectivity index (χ3n) is 3.79. The number of hydrogen-bond acceptors (Lipinski definition) is 2. The van der Waals surface area contributed by atoms with Gasteiger partial charge in [-0.25, -0.2) is 0 Å². The lowest BCUT2D eigenvalue weighted by molar-refractivity contribution is 0.0620. The molecule has 0 aromatic heterocycles. The first-order chi connectivity index (χ1) is 9.33. The minimum atomic E-state index is -0.210. The van der Waals surface area contributed by atoms with Gasteiger partial charge in [-0.3, -0.25) is 4.79 Å². The van der Waals surface area contributed by atoms with Gasteiger partial charge in [0, 0.05) is 18.2 Å². The number of aliphatic hydroxyl groups excluding tert-OH is 1. The summed E-state index contributed by atoms with van der Waals surface area (Å²) >= 11 is 0. The minimum Gasteiger partial charge on any atom is -0.384 e. The van der Waals surface area contributed by atoms with Crippen LogP contribution in [0.25, 0.3) is 0 Å². The zero-order valence-corrected chi connectivity index (χ0v) is 12.9. The topological polar surface area (TPSA) is 40.5 Å². The SMILES string of the molecule is CCC(C)(C)N(C)C(=O)c1ccc(C)cc1C#CCO. The van der Waals surface area contributed by atoms with Crippen molar-refractivity contribution in [2.45, 2.75) is 39.7 Å². The van der Waals surface area contributed by atoms with E-state index in [4.69, 9.17) is 5.11 Å². The molecule has 1 aromatic rings. The standard InChI is InChI=1S/C17H23NO2/c1-6-17(3,4)18(5)16(20)15-10-9-13(2)12-14(15)8-7-11-19/h9-10,12,19H,6,11H2,1-5H3. The van der Waals surface area contributed by atoms with Crippen molar-refractivity contribution in [2.75, 3.05) is 13.7 Å². The summed E-state index contributed by atoms with van der Waals surface area (Å²) < 4.78 is 0. The molecule has 1 rings (SSSR count). The van der Waals surface area contributed by atoms with Crippen molar-refractivity contribution in [1.82, 2.24) is 4.90 Å². The van der Waals surface area contributed by atoms with Crippen LogP contribution >= 0.6 is 0 Å². The number of rotatable bonds is 3. The summed E-state index contributed by atoms with van der Waals surface area (Å²) in [6.45, 7) is 7.89. The zero-order valence-electron chi connectivity index (χ0n) is 12.9. The summed E-state index contributed by atoms with van der Waals surface area (Å²) in [5.41, 5.74) is 2.09. The van der Waals surface area contributed by atoms with Gasteiger partial charge in [-0.05, 0) is 44.9 Å². The van der Waals surface area contributed by atoms with Crippen molar-refractivity contribution < 1.29 is 9.90 Å². The molecule has 3 heteroatoms. The Morgan fingerprint density at radius 2 is 2.05 bits per heavy atom. The fourth-order valence-electron chi connectivity index (χ4n) is 1.78. The summed E-state index contributed by atoms with van der Waals surface area (Å²) in [4.78, 5) is 14.4. The Bertz CT molecular complexity index is 550. The molecule has 0 aliphatic rings. The Hall–Kier alpha value is -1.79. The smallest absolute Gasteiger partial charge is 0.255 e. The zero-order chi connectivity index (χ0) is 15.3. The third kappa shape index (κ3) is 3.61. The molecule has 0 aliphatic carbocycles. The molecular formula is C17H23NO2. The van der Waals surface area contributed by atoms with Crippen molar-refractivity contribution in [3.05, 3.63) is 34.9 Å². The molecule has 0 saturated carbocycles. The largest absolute Gasteiger partial charge is 0.384 e. The lowest BCUT2D eigenvalue weighted by atomic mass is 9.97. The maximum atomic E-state index is 12.6. The summed E-state index contributed by atoms with van der Waals surface area (Å²) in [7, 11) is 1.81. The van der Waals surface area contributed by atoms with Crippen LogP contribution in [0.1, 0.15) is 48.7 Å². The average molecular weight is 273 g/mol. The maximum absolute atomic E-state index is 12.6. The molecule has 20 heavy (non-hydrogen) atoms. The monoisotopic (exact) mass is 273 g/mol. The summed E-state index contributed by atoms with van der Waals surface area (Å²) in [6, 6.07) is 5.59. The van der Waals surface area contributed by atoms with Crippen LogP contribution < -0.4 is 0 Å². The Kier molecular flexibility index (Phi) is 5.35. The fraction of sp³-hybridized carbons (Fsp3) is 0.471. The fourth-order valence-corrected chi connectivity index (χ4v) is 1.78. The molecule has 1 N–H and O–H groups in total. The molecular weight excluding hydrogens is 250 g/mol. The molecule has 1 amide bonds. The van der Waals surface area contributed by atoms with Gasteiger partial charge < -0.3 is 10.0 Å². The molecule has 0 aliphatic heterocycles. The number of carbonyl (C=O) groups is 1. The van der Waals surface area contributed by atoms with E-state index >= 15 is 0 Å². The highest BCUT2D eigenvalue weighted by atomic mass is 16.2. The third-order valence-corrected chi connectivity index (χ3v) is 3.79. The van der Waals surface area contributed by atoms with E-state index < -0.39 is 0 Å². The first-order valence-electron chi connectivity index (χ1n) is 6.82. The molecule has 0 unspecified atom stereocenters. The van der Waals surface area contributed by atoms with Crippen LogP contribution in [-0.4, -0.2) is 35.1 Å². The maximum Gasteiger partial charge on any atom is 0.255 e. The van der Waals surface area contributed by atoms with E-state index in [0.29, 0.717) is 11.1 Å². The molecule has 0 fully saturated rings. The van der Waals surface area contributed by atoms with Gasteiger partial charge in [0.2, 0.25) is 0 Å². The number of aryl methyl sites for hydroxylation is 1. The molecule has 3 nitrogen and oxygen atoms in total. The molecule has 0 heterocycles. The molecule has 0 atom stereocenters. The highest BCUT2D eigenvalue weighted by Gasteiger charge is 2.27. The molecule has 108 valence electrons. The van der Waals surface area contributed by atoms with Crippen molar-refractivity contribution in [3.8, 4) is 11.8 Å². The molecule has 0 radical (unpaired) electrons. The quantitative estimate of drug-likeness (QED) is 0.860. The number of carbonyl (C=O) groups excluding carboxylic acids is 1. The molecule has 0 bridgehead atoms. The van der Waals surface area contributed by atoms with Crippen LogP contribution in [0, 0.1) is 18.8 Å². The predicted molar refractivity (Wildman–Crippen MR) is 81.6 cm³/mol. The number of amides is 1. The van der Waals surface area contributed by atoms with Crippen LogP contribution in [0.2, 0.25) is 0 Å². The average Bonchev–Trinajstić information content (AvgIpc) is 2.43. The van der Waals surface area contributed by atoms with Gasteiger partial charge in [-0.1, -0.05) is 24.8 Å². The van der Waals surface area contributed by atoms with Crippen LogP contribution in [0.15, 0.2) is 18.2 Å². The highest BCUT2D eigenvalue weighted by Crippen LogP contribution is 2.21. The van der Waals surface area contributed by atoms with Gasteiger partial charge in [0.25, 0.3) is 5.91 Å². The van der Waals surface area contributed by atoms with Crippen molar-refractivity contribution in [1.29, 1.82) is 0 Å². The van der Waals surface area contributed by atoms with E-state index in [-0.39, 0.29) is 18.1 Å². The van der Waals surface area contributed by atoms with Gasteiger partial charge in [0.05, 0.1) is 5.56 Å². The van der Waals surface area contributed by atoms with Crippen molar-refractivity contribution in [2.24, 2.45) is 0 Å². The van der Waals surface area contributed by atoms with E-state index in [2.05, 4.69) is 18.8 Å². The number of benzene rings is 1. The van der Waals surface area contributed by atoms with Gasteiger partial charge in [-0.2, -0.15) is 0 Å². The number of aliphatic hydroxyl groups is 1. The van der Waals surface area contributed by atoms with Gasteiger partial charge in [0.1, 0.15) is 6.61 Å². The van der Waals surface area contributed by atoms with Crippen molar-refractivity contribution in [3.63, 3.8) is 0 Å². The number of nitrogens with zero attached hydrogens (tertiary/aromatic N) is 1. The highest BCUT2D eigenvalue weighted by molar-refractivity contribution is 5.97. The van der Waals surface area contributed by atoms with E-state index in [1.165, 1.54) is 0 Å². The van der Waals surface area contributed by atoms with Gasteiger partial charge in [-0.15, -0.1) is 0 Å². The Balaban J connectivity index is 3.22. The van der Waals surface area contributed by atoms with Crippen LogP contribution in [-0.2, 0) is 0 Å². The summed E-state index contributed by atoms with van der Waals surface area (Å²) in [6.07, 6.45) is 0.874. The normalized spacial score (nSPS) is 10.7. The molecule has 0 saturated heterocycles. The Morgan fingerprint density at radius 3 is 2.60 bits per heavy atom. The second kappa shape index (κ2) is 6.58. The predicted octanol–water partition coefficient (Wildman–Crippen LogP) is 2.60. The summed E-state index contributed by atoms with van der Waals surface area (Å²) in [5.74, 6) is 5.43. The van der Waals surface area contributed by atoms with E-state index in [1.54, 1.807) is 11.0 Å². The Labute approximate surface area is 121 Å². The Morgan fingerprint density at radius 1 is 1.40 bits per heavy atom. The van der Waals surface area contributed by atoms with E-state index in [0.717, 1.165) is 12.0 Å². The van der Waals surface area contributed by atoms with E-state index in [1.807, 2.05) is 40.0 Å². The van der Waals surface area contributed by atoms with Gasteiger partial charge >= 0.3 is 0 Å². The van der Waals surface area contributed by atoms with Crippen molar-refractivity contribution >= 4 is 5.91 Å². The van der Waals surface area contributed by atoms with E-state index in [9.17, 15) is 4.79 Å². The van der Waals surface area contributed by atoms with Crippen LogP contribution in [0.5, 0.6) is 0 Å². The first kappa shape index (κ1) is 16.3. The second-order valence-corrected chi connectivity index (χ2v) is 5.54. The van der Waals surface area contributed by atoms with Crippen LogP contribution in [0.4, 0.5) is 0 Å². The molecule has 0 spiro atoms. The lowest BCUT2D eigenvalue weighted by Gasteiger charge is -2.35. The number of hydrogen-bond donors (Lipinski definition) is 1.